The molecule has 1 aromatic carbocycles. The Labute approximate surface area is 119 Å². The number of aliphatic hydroxyl groups is 1. The third-order valence-electron chi connectivity index (χ3n) is 3.46. The molecule has 1 fully saturated rings. The first-order chi connectivity index (χ1) is 9.30. The van der Waals surface area contributed by atoms with Crippen molar-refractivity contribution in [3.05, 3.63) is 23.2 Å². The summed E-state index contributed by atoms with van der Waals surface area (Å²) in [5.41, 5.74) is -2.23. The number of anilines is 1. The smallest absolute Gasteiger partial charge is 0.352 e. The molecule has 0 aliphatic heterocycles. The molecule has 0 saturated heterocycles. The normalized spacial score (nSPS) is 17.2. The number of ether oxygens (including phenoxy) is 1. The predicted molar refractivity (Wildman–Crippen MR) is 70.4 cm³/mol. The van der Waals surface area contributed by atoms with Gasteiger partial charge in [-0.05, 0) is 37.5 Å². The summed E-state index contributed by atoms with van der Waals surface area (Å²) in [7, 11) is 1.34. The third kappa shape index (κ3) is 2.45. The minimum absolute atomic E-state index is 0.0348. The zero-order valence-electron chi connectivity index (χ0n) is 10.8. The van der Waals surface area contributed by atoms with Crippen molar-refractivity contribution in [3.63, 3.8) is 0 Å². The Bertz CT molecular complexity index is 532. The highest BCUT2D eigenvalue weighted by atomic mass is 35.5. The number of alkyl halides is 2. The van der Waals surface area contributed by atoms with E-state index in [1.165, 1.54) is 25.3 Å². The highest BCUT2D eigenvalue weighted by Gasteiger charge is 2.61. The fraction of sp³-hybridized carbons (Fsp3) is 0.462. The van der Waals surface area contributed by atoms with Crippen molar-refractivity contribution in [1.82, 2.24) is 0 Å². The van der Waals surface area contributed by atoms with Gasteiger partial charge in [-0.15, -0.1) is 0 Å². The van der Waals surface area contributed by atoms with Gasteiger partial charge in [-0.1, -0.05) is 11.6 Å². The highest BCUT2D eigenvalue weighted by Crippen LogP contribution is 2.45. The number of carbonyl (C=O) groups excluding carboxylic acids is 1. The van der Waals surface area contributed by atoms with E-state index in [0.717, 1.165) is 0 Å². The van der Waals surface area contributed by atoms with E-state index in [0.29, 0.717) is 6.42 Å². The molecule has 4 nitrogen and oxygen atoms in total. The van der Waals surface area contributed by atoms with Gasteiger partial charge < -0.3 is 15.2 Å². The molecule has 0 bridgehead atoms. The lowest BCUT2D eigenvalue weighted by atomic mass is 9.75. The fourth-order valence-corrected chi connectivity index (χ4v) is 2.19. The number of amides is 1. The molecular weight excluding hydrogens is 292 g/mol. The molecular formula is C13H14ClF2NO3. The first kappa shape index (κ1) is 15.0. The summed E-state index contributed by atoms with van der Waals surface area (Å²) in [6.07, 6.45) is 0.278. The van der Waals surface area contributed by atoms with Gasteiger partial charge >= 0.3 is 5.92 Å². The molecule has 0 aromatic heterocycles. The molecule has 1 saturated carbocycles. The van der Waals surface area contributed by atoms with Crippen LogP contribution in [0.3, 0.4) is 0 Å². The first-order valence-corrected chi connectivity index (χ1v) is 6.43. The maximum atomic E-state index is 13.9. The molecule has 1 amide bonds. The van der Waals surface area contributed by atoms with Crippen LogP contribution in [0.2, 0.25) is 5.02 Å². The standard InChI is InChI=1S/C13H14ClF2NO3/c1-20-10-4-3-8(14)7-9(10)17-11(18)13(15,16)12(19)5-2-6-12/h3-4,7,19H,2,5-6H2,1H3,(H,17,18). The topological polar surface area (TPSA) is 58.6 Å². The summed E-state index contributed by atoms with van der Waals surface area (Å²) in [5.74, 6) is -5.22. The largest absolute Gasteiger partial charge is 0.495 e. The second kappa shape index (κ2) is 5.18. The molecule has 110 valence electrons. The molecule has 0 atom stereocenters. The van der Waals surface area contributed by atoms with E-state index in [9.17, 15) is 18.7 Å². The lowest BCUT2D eigenvalue weighted by Crippen LogP contribution is -2.59. The number of halogens is 3. The van der Waals surface area contributed by atoms with E-state index in [4.69, 9.17) is 16.3 Å². The van der Waals surface area contributed by atoms with Crippen molar-refractivity contribution in [1.29, 1.82) is 0 Å². The Balaban J connectivity index is 2.21. The van der Waals surface area contributed by atoms with Crippen LogP contribution in [0.5, 0.6) is 5.75 Å². The van der Waals surface area contributed by atoms with Crippen molar-refractivity contribution < 1.29 is 23.4 Å². The number of methoxy groups -OCH3 is 1. The Morgan fingerprint density at radius 1 is 1.50 bits per heavy atom. The van der Waals surface area contributed by atoms with Crippen molar-refractivity contribution >= 4 is 23.2 Å². The SMILES string of the molecule is COc1ccc(Cl)cc1NC(=O)C(F)(F)C1(O)CCC1. The Morgan fingerprint density at radius 2 is 2.15 bits per heavy atom. The predicted octanol–water partition coefficient (Wildman–Crippen LogP) is 2.84. The minimum atomic E-state index is -3.86. The second-order valence-corrected chi connectivity index (χ2v) is 5.19. The van der Waals surface area contributed by atoms with E-state index in [1.54, 1.807) is 0 Å². The molecule has 0 radical (unpaired) electrons. The van der Waals surface area contributed by atoms with Gasteiger partial charge in [0.1, 0.15) is 11.4 Å². The van der Waals surface area contributed by atoms with E-state index >= 15 is 0 Å². The van der Waals surface area contributed by atoms with Crippen LogP contribution in [0, 0.1) is 0 Å². The Kier molecular flexibility index (Phi) is 3.88. The van der Waals surface area contributed by atoms with Gasteiger partial charge in [-0.3, -0.25) is 4.79 Å². The quantitative estimate of drug-likeness (QED) is 0.899. The number of hydrogen-bond donors (Lipinski definition) is 2. The second-order valence-electron chi connectivity index (χ2n) is 4.76. The molecule has 0 unspecified atom stereocenters. The van der Waals surface area contributed by atoms with Crippen LogP contribution in [0.1, 0.15) is 19.3 Å². The average molecular weight is 306 g/mol. The Morgan fingerprint density at radius 3 is 2.65 bits per heavy atom. The zero-order valence-corrected chi connectivity index (χ0v) is 11.5. The van der Waals surface area contributed by atoms with Crippen molar-refractivity contribution in [2.45, 2.75) is 30.8 Å². The van der Waals surface area contributed by atoms with Gasteiger partial charge in [-0.25, -0.2) is 0 Å². The molecule has 7 heteroatoms. The lowest BCUT2D eigenvalue weighted by molar-refractivity contribution is -0.212. The van der Waals surface area contributed by atoms with E-state index in [2.05, 4.69) is 5.32 Å². The molecule has 1 aliphatic rings. The van der Waals surface area contributed by atoms with E-state index in [-0.39, 0.29) is 29.3 Å². The number of hydrogen-bond acceptors (Lipinski definition) is 3. The summed E-state index contributed by atoms with van der Waals surface area (Å²) in [4.78, 5) is 11.7. The van der Waals surface area contributed by atoms with Gasteiger partial charge in [-0.2, -0.15) is 8.78 Å². The molecule has 2 N–H and O–H groups in total. The van der Waals surface area contributed by atoms with Crippen LogP contribution in [0.25, 0.3) is 0 Å². The van der Waals surface area contributed by atoms with Crippen molar-refractivity contribution in [3.8, 4) is 5.75 Å². The average Bonchev–Trinajstić information content (AvgIpc) is 2.36. The summed E-state index contributed by atoms with van der Waals surface area (Å²) < 4.78 is 32.8. The summed E-state index contributed by atoms with van der Waals surface area (Å²) in [5, 5.41) is 12.0. The van der Waals surface area contributed by atoms with E-state index < -0.39 is 17.4 Å². The first-order valence-electron chi connectivity index (χ1n) is 6.05. The maximum Gasteiger partial charge on any atom is 0.352 e. The van der Waals surface area contributed by atoms with Crippen LogP contribution in [0.15, 0.2) is 18.2 Å². The number of carbonyl (C=O) groups is 1. The molecule has 0 heterocycles. The number of nitrogens with one attached hydrogen (secondary N) is 1. The van der Waals surface area contributed by atoms with E-state index in [1.807, 2.05) is 0 Å². The van der Waals surface area contributed by atoms with Crippen molar-refractivity contribution in [2.75, 3.05) is 12.4 Å². The highest BCUT2D eigenvalue weighted by molar-refractivity contribution is 6.31. The molecule has 2 rings (SSSR count). The third-order valence-corrected chi connectivity index (χ3v) is 3.70. The minimum Gasteiger partial charge on any atom is -0.495 e. The summed E-state index contributed by atoms with van der Waals surface area (Å²) in [6, 6.07) is 4.26. The van der Waals surface area contributed by atoms with Crippen LogP contribution in [-0.2, 0) is 4.79 Å². The van der Waals surface area contributed by atoms with Crippen LogP contribution < -0.4 is 10.1 Å². The molecule has 1 aliphatic carbocycles. The Hall–Kier alpha value is -1.40. The molecule has 0 spiro atoms. The summed E-state index contributed by atoms with van der Waals surface area (Å²) >= 11 is 5.76. The molecule has 1 aromatic rings. The summed E-state index contributed by atoms with van der Waals surface area (Å²) in [6.45, 7) is 0. The van der Waals surface area contributed by atoms with Gasteiger partial charge in [0.15, 0.2) is 0 Å². The van der Waals surface area contributed by atoms with Gasteiger partial charge in [0.05, 0.1) is 12.8 Å². The monoisotopic (exact) mass is 305 g/mol. The van der Waals surface area contributed by atoms with Crippen LogP contribution in [-0.4, -0.2) is 29.6 Å². The number of rotatable bonds is 4. The maximum absolute atomic E-state index is 13.9. The van der Waals surface area contributed by atoms with Gasteiger partial charge in [0.25, 0.3) is 5.91 Å². The fourth-order valence-electron chi connectivity index (χ4n) is 2.02. The van der Waals surface area contributed by atoms with Crippen LogP contribution >= 0.6 is 11.6 Å². The van der Waals surface area contributed by atoms with Gasteiger partial charge in [0, 0.05) is 5.02 Å². The van der Waals surface area contributed by atoms with Gasteiger partial charge in [0.2, 0.25) is 0 Å². The lowest BCUT2D eigenvalue weighted by Gasteiger charge is -2.41. The number of benzene rings is 1. The molecule has 20 heavy (non-hydrogen) atoms. The zero-order chi connectivity index (χ0) is 15.0. The van der Waals surface area contributed by atoms with Crippen molar-refractivity contribution in [2.24, 2.45) is 0 Å². The van der Waals surface area contributed by atoms with Crippen LogP contribution in [0.4, 0.5) is 14.5 Å².